The van der Waals surface area contributed by atoms with E-state index in [1.807, 2.05) is 25.1 Å². The lowest BCUT2D eigenvalue weighted by atomic mass is 9.75. The lowest BCUT2D eigenvalue weighted by Crippen LogP contribution is -2.38. The highest BCUT2D eigenvalue weighted by Crippen LogP contribution is 2.38. The summed E-state index contributed by atoms with van der Waals surface area (Å²) in [6.07, 6.45) is 6.35. The van der Waals surface area contributed by atoms with Crippen LogP contribution in [-0.2, 0) is 0 Å². The maximum atomic E-state index is 13.0. The molecule has 2 aromatic rings. The van der Waals surface area contributed by atoms with Gasteiger partial charge in [0, 0.05) is 17.3 Å². The van der Waals surface area contributed by atoms with Crippen LogP contribution in [0.15, 0.2) is 28.7 Å². The molecule has 3 rings (SSSR count). The molecule has 3 nitrogen and oxygen atoms in total. The molecule has 1 aromatic carbocycles. The van der Waals surface area contributed by atoms with Crippen LogP contribution < -0.4 is 5.73 Å². The molecule has 1 aliphatic rings. The molecular formula is C18H23NO2. The second-order valence-corrected chi connectivity index (χ2v) is 6.38. The van der Waals surface area contributed by atoms with Gasteiger partial charge in [-0.3, -0.25) is 4.79 Å². The number of fused-ring (bicyclic) bond motifs is 1. The number of benzene rings is 1. The van der Waals surface area contributed by atoms with Gasteiger partial charge in [-0.1, -0.05) is 37.3 Å². The van der Waals surface area contributed by atoms with Crippen molar-refractivity contribution in [2.75, 3.05) is 6.54 Å². The van der Waals surface area contributed by atoms with Gasteiger partial charge in [0.25, 0.3) is 0 Å². The molecule has 112 valence electrons. The van der Waals surface area contributed by atoms with Gasteiger partial charge in [-0.2, -0.15) is 0 Å². The van der Waals surface area contributed by atoms with E-state index in [-0.39, 0.29) is 5.78 Å². The molecule has 1 saturated carbocycles. The van der Waals surface area contributed by atoms with Crippen LogP contribution in [0.5, 0.6) is 0 Å². The van der Waals surface area contributed by atoms with E-state index in [1.165, 1.54) is 18.4 Å². The first-order valence-corrected chi connectivity index (χ1v) is 7.90. The monoisotopic (exact) mass is 285 g/mol. The van der Waals surface area contributed by atoms with Crippen LogP contribution in [-0.4, -0.2) is 12.3 Å². The molecule has 0 unspecified atom stereocenters. The van der Waals surface area contributed by atoms with Gasteiger partial charge in [0.2, 0.25) is 5.78 Å². The number of ketones is 1. The zero-order valence-electron chi connectivity index (χ0n) is 12.7. The second-order valence-electron chi connectivity index (χ2n) is 6.38. The normalized spacial score (nSPS) is 18.6. The van der Waals surface area contributed by atoms with Gasteiger partial charge in [0.1, 0.15) is 5.58 Å². The van der Waals surface area contributed by atoms with Crippen LogP contribution in [0, 0.1) is 12.3 Å². The summed E-state index contributed by atoms with van der Waals surface area (Å²) >= 11 is 0. The summed E-state index contributed by atoms with van der Waals surface area (Å²) in [5.74, 6) is 0.573. The van der Waals surface area contributed by atoms with Crippen LogP contribution >= 0.6 is 0 Å². The Morgan fingerprint density at radius 1 is 1.19 bits per heavy atom. The van der Waals surface area contributed by atoms with Crippen LogP contribution in [0.1, 0.15) is 54.6 Å². The molecule has 0 atom stereocenters. The van der Waals surface area contributed by atoms with Crippen molar-refractivity contribution in [1.82, 2.24) is 0 Å². The van der Waals surface area contributed by atoms with Gasteiger partial charge >= 0.3 is 0 Å². The van der Waals surface area contributed by atoms with Gasteiger partial charge in [0.15, 0.2) is 5.76 Å². The van der Waals surface area contributed by atoms with Gasteiger partial charge in [-0.05, 0) is 38.0 Å². The van der Waals surface area contributed by atoms with Gasteiger partial charge in [-0.25, -0.2) is 0 Å². The van der Waals surface area contributed by atoms with E-state index in [9.17, 15) is 4.79 Å². The van der Waals surface area contributed by atoms with Crippen molar-refractivity contribution in [1.29, 1.82) is 0 Å². The summed E-state index contributed by atoms with van der Waals surface area (Å²) in [5.41, 5.74) is 7.54. The number of nitrogens with two attached hydrogens (primary N) is 1. The average molecular weight is 285 g/mol. The van der Waals surface area contributed by atoms with Crippen LogP contribution in [0.25, 0.3) is 11.0 Å². The minimum atomic E-state index is -0.417. The van der Waals surface area contributed by atoms with E-state index in [0.29, 0.717) is 12.3 Å². The first-order chi connectivity index (χ1) is 10.1. The number of hydrogen-bond donors (Lipinski definition) is 1. The third kappa shape index (κ3) is 2.62. The van der Waals surface area contributed by atoms with Crippen LogP contribution in [0.3, 0.4) is 0 Å². The van der Waals surface area contributed by atoms with Crippen molar-refractivity contribution in [2.45, 2.75) is 45.4 Å². The summed E-state index contributed by atoms with van der Waals surface area (Å²) in [6.45, 7) is 2.46. The summed E-state index contributed by atoms with van der Waals surface area (Å²) in [7, 11) is 0. The second kappa shape index (κ2) is 5.64. The topological polar surface area (TPSA) is 56.2 Å². The van der Waals surface area contributed by atoms with E-state index >= 15 is 0 Å². The first kappa shape index (κ1) is 14.3. The highest BCUT2D eigenvalue weighted by atomic mass is 16.3. The number of rotatable bonds is 3. The number of carbonyl (C=O) groups is 1. The molecule has 2 N–H and O–H groups in total. The molecule has 21 heavy (non-hydrogen) atoms. The number of hydrogen-bond acceptors (Lipinski definition) is 3. The van der Waals surface area contributed by atoms with Crippen molar-refractivity contribution in [3.05, 3.63) is 35.6 Å². The predicted molar refractivity (Wildman–Crippen MR) is 84.5 cm³/mol. The van der Waals surface area contributed by atoms with E-state index in [2.05, 4.69) is 6.07 Å². The van der Waals surface area contributed by atoms with Gasteiger partial charge in [-0.15, -0.1) is 0 Å². The zero-order chi connectivity index (χ0) is 14.9. The minimum Gasteiger partial charge on any atom is -0.453 e. The third-order valence-electron chi connectivity index (χ3n) is 4.83. The highest BCUT2D eigenvalue weighted by molar-refractivity contribution is 6.01. The SMILES string of the molecule is Cc1ccc2oc(C(=O)C3(CN)CCCCCC3)cc2c1. The number of aryl methyl sites for hydroxylation is 1. The molecular weight excluding hydrogens is 262 g/mol. The van der Waals surface area contributed by atoms with E-state index in [4.69, 9.17) is 10.2 Å². The molecule has 3 heteroatoms. The predicted octanol–water partition coefficient (Wildman–Crippen LogP) is 4.22. The molecule has 0 radical (unpaired) electrons. The fraction of sp³-hybridized carbons (Fsp3) is 0.500. The molecule has 0 bridgehead atoms. The molecule has 1 aromatic heterocycles. The van der Waals surface area contributed by atoms with Crippen molar-refractivity contribution < 1.29 is 9.21 Å². The average Bonchev–Trinajstić information content (AvgIpc) is 2.75. The Hall–Kier alpha value is -1.61. The lowest BCUT2D eigenvalue weighted by molar-refractivity contribution is 0.0745. The summed E-state index contributed by atoms with van der Waals surface area (Å²) in [5, 5.41) is 0.999. The number of carbonyl (C=O) groups excluding carboxylic acids is 1. The Balaban J connectivity index is 1.97. The van der Waals surface area contributed by atoms with E-state index < -0.39 is 5.41 Å². The standard InChI is InChI=1S/C18H23NO2/c1-13-6-7-15-14(10-13)11-16(21-15)17(20)18(12-19)8-4-2-3-5-9-18/h6-7,10-11H,2-5,8-9,12,19H2,1H3. The molecule has 0 spiro atoms. The fourth-order valence-electron chi connectivity index (χ4n) is 3.47. The summed E-state index contributed by atoms with van der Waals surface area (Å²) in [4.78, 5) is 13.0. The zero-order valence-corrected chi connectivity index (χ0v) is 12.7. The maximum absolute atomic E-state index is 13.0. The highest BCUT2D eigenvalue weighted by Gasteiger charge is 2.39. The lowest BCUT2D eigenvalue weighted by Gasteiger charge is -2.28. The fourth-order valence-corrected chi connectivity index (χ4v) is 3.47. The molecule has 1 heterocycles. The summed E-state index contributed by atoms with van der Waals surface area (Å²) < 4.78 is 5.80. The minimum absolute atomic E-state index is 0.0979. The molecule has 1 aliphatic carbocycles. The van der Waals surface area contributed by atoms with Gasteiger partial charge < -0.3 is 10.2 Å². The van der Waals surface area contributed by atoms with E-state index in [1.54, 1.807) is 0 Å². The van der Waals surface area contributed by atoms with Crippen LogP contribution in [0.4, 0.5) is 0 Å². The number of Topliss-reactive ketones (excluding diaryl/α,β-unsaturated/α-hetero) is 1. The Bertz CT molecular complexity index is 648. The smallest absolute Gasteiger partial charge is 0.205 e. The van der Waals surface area contributed by atoms with Gasteiger partial charge in [0.05, 0.1) is 0 Å². The van der Waals surface area contributed by atoms with Crippen molar-refractivity contribution in [2.24, 2.45) is 11.1 Å². The third-order valence-corrected chi connectivity index (χ3v) is 4.83. The summed E-state index contributed by atoms with van der Waals surface area (Å²) in [6, 6.07) is 7.87. The largest absolute Gasteiger partial charge is 0.453 e. The Morgan fingerprint density at radius 3 is 2.57 bits per heavy atom. The number of furan rings is 1. The molecule has 0 aliphatic heterocycles. The Morgan fingerprint density at radius 2 is 1.90 bits per heavy atom. The maximum Gasteiger partial charge on any atom is 0.205 e. The van der Waals surface area contributed by atoms with Crippen LogP contribution in [0.2, 0.25) is 0 Å². The molecule has 0 saturated heterocycles. The van der Waals surface area contributed by atoms with Crippen molar-refractivity contribution >= 4 is 16.8 Å². The first-order valence-electron chi connectivity index (χ1n) is 7.90. The molecule has 0 amide bonds. The Labute approximate surface area is 125 Å². The van der Waals surface area contributed by atoms with Crippen molar-refractivity contribution in [3.63, 3.8) is 0 Å². The Kier molecular flexibility index (Phi) is 3.85. The quantitative estimate of drug-likeness (QED) is 0.678. The van der Waals surface area contributed by atoms with E-state index in [0.717, 1.165) is 36.7 Å². The van der Waals surface area contributed by atoms with Crippen molar-refractivity contribution in [3.8, 4) is 0 Å². The molecule has 1 fully saturated rings.